The molecule has 8 heteroatoms. The normalized spacial score (nSPS) is 11.2. The molecule has 0 aromatic carbocycles. The summed E-state index contributed by atoms with van der Waals surface area (Å²) in [4.78, 5) is 26.3. The maximum Gasteiger partial charge on any atom is 2.00 e. The van der Waals surface area contributed by atoms with Gasteiger partial charge in [-0.2, -0.15) is 0 Å². The van der Waals surface area contributed by atoms with Gasteiger partial charge in [0.2, 0.25) is 0 Å². The van der Waals surface area contributed by atoms with E-state index in [-0.39, 0.29) is 17.1 Å². The topological polar surface area (TPSA) is 129 Å². The largest absolute Gasteiger partial charge is 2.00 e. The minimum Gasteiger partial charge on any atom is -0.547 e. The van der Waals surface area contributed by atoms with Crippen molar-refractivity contribution in [2.75, 3.05) is 0 Å². The number of imidazole rings is 1. The van der Waals surface area contributed by atoms with Gasteiger partial charge in [0.05, 0.1) is 30.1 Å². The van der Waals surface area contributed by atoms with Crippen LogP contribution >= 0.6 is 0 Å². The zero-order chi connectivity index (χ0) is 16.8. The van der Waals surface area contributed by atoms with Gasteiger partial charge < -0.3 is 29.9 Å². The second kappa shape index (κ2) is 15.3. The Morgan fingerprint density at radius 3 is 2.43 bits per heavy atom. The molecular weight excluding hydrogens is 343 g/mol. The predicted octanol–water partition coefficient (Wildman–Crippen LogP) is -0.372. The fraction of sp³-hybridized carbons (Fsp3) is 0.533. The van der Waals surface area contributed by atoms with E-state index in [1.165, 1.54) is 25.2 Å². The van der Waals surface area contributed by atoms with E-state index in [2.05, 4.69) is 16.9 Å². The van der Waals surface area contributed by atoms with Crippen LogP contribution in [-0.4, -0.2) is 33.1 Å². The molecule has 2 N–H and O–H groups in total. The molecule has 1 aromatic rings. The molecule has 1 radical (unpaired) electrons. The van der Waals surface area contributed by atoms with Crippen LogP contribution in [0.3, 0.4) is 0 Å². The summed E-state index contributed by atoms with van der Waals surface area (Å²) >= 11 is 0. The first-order valence-corrected chi connectivity index (χ1v) is 7.24. The standard InChI is InChI=1S/C9H18O3.C6H6N2O2.Mn/c1-2-3-4-5-6-7-8(10)9(11)12;9-6(10)2-1-5-3-7-4-8-5;/h8,10H,2-7H2,1H3,(H,11,12);1-4H,(H,7,8)(H,9,10);/q;;+2/p-2. The molecule has 1 unspecified atom stereocenters. The second-order valence-electron chi connectivity index (χ2n) is 4.68. The Morgan fingerprint density at radius 2 is 1.96 bits per heavy atom. The van der Waals surface area contributed by atoms with E-state index in [4.69, 9.17) is 5.11 Å². The number of unbranched alkanes of at least 4 members (excludes halogenated alkanes) is 4. The molecule has 0 bridgehead atoms. The van der Waals surface area contributed by atoms with Crippen LogP contribution in [0, 0.1) is 0 Å². The average molecular weight is 365 g/mol. The average Bonchev–Trinajstić information content (AvgIpc) is 2.98. The van der Waals surface area contributed by atoms with Crippen molar-refractivity contribution in [2.45, 2.75) is 51.6 Å². The van der Waals surface area contributed by atoms with Gasteiger partial charge in [0.25, 0.3) is 0 Å². The van der Waals surface area contributed by atoms with Gasteiger partial charge in [-0.05, 0) is 18.6 Å². The maximum absolute atomic E-state index is 10.1. The van der Waals surface area contributed by atoms with E-state index in [9.17, 15) is 19.8 Å². The van der Waals surface area contributed by atoms with Gasteiger partial charge >= 0.3 is 17.1 Å². The minimum absolute atomic E-state index is 0. The molecule has 1 rings (SSSR count). The van der Waals surface area contributed by atoms with Gasteiger partial charge in [0.1, 0.15) is 0 Å². The van der Waals surface area contributed by atoms with Crippen molar-refractivity contribution in [3.05, 3.63) is 24.3 Å². The van der Waals surface area contributed by atoms with E-state index in [0.717, 1.165) is 25.3 Å². The number of hydrogen-bond acceptors (Lipinski definition) is 6. The van der Waals surface area contributed by atoms with Crippen LogP contribution in [0.4, 0.5) is 0 Å². The zero-order valence-corrected chi connectivity index (χ0v) is 14.2. The summed E-state index contributed by atoms with van der Waals surface area (Å²) in [6.07, 6.45) is 9.63. The van der Waals surface area contributed by atoms with E-state index in [1.807, 2.05) is 0 Å². The maximum atomic E-state index is 10.1. The summed E-state index contributed by atoms with van der Waals surface area (Å²) in [5.41, 5.74) is 0.573. The number of rotatable bonds is 9. The van der Waals surface area contributed by atoms with Crippen LogP contribution in [0.15, 0.2) is 18.6 Å². The number of aromatic nitrogens is 2. The van der Waals surface area contributed by atoms with Crippen LogP contribution in [0.5, 0.6) is 0 Å². The number of nitrogens with one attached hydrogen (secondary N) is 1. The van der Waals surface area contributed by atoms with E-state index >= 15 is 0 Å². The Hall–Kier alpha value is -1.63. The Morgan fingerprint density at radius 1 is 1.30 bits per heavy atom. The minimum atomic E-state index is -1.36. The Bertz CT molecular complexity index is 449. The van der Waals surface area contributed by atoms with Crippen LogP contribution in [-0.2, 0) is 26.7 Å². The van der Waals surface area contributed by atoms with Gasteiger partial charge in [-0.25, -0.2) is 4.98 Å². The van der Waals surface area contributed by atoms with Crippen LogP contribution < -0.4 is 10.2 Å². The quantitative estimate of drug-likeness (QED) is 0.349. The van der Waals surface area contributed by atoms with Crippen LogP contribution in [0.25, 0.3) is 6.08 Å². The van der Waals surface area contributed by atoms with E-state index < -0.39 is 18.0 Å². The van der Waals surface area contributed by atoms with Gasteiger partial charge in [0, 0.05) is 6.20 Å². The number of carbonyl (C=O) groups excluding carboxylic acids is 2. The number of aliphatic hydroxyl groups excluding tert-OH is 1. The molecule has 129 valence electrons. The molecule has 1 heterocycles. The van der Waals surface area contributed by atoms with E-state index in [1.54, 1.807) is 6.20 Å². The molecule has 0 amide bonds. The molecular formula is C15H22MnN2O5. The summed E-state index contributed by atoms with van der Waals surface area (Å²) in [6.45, 7) is 2.12. The number of nitrogens with zero attached hydrogens (tertiary/aromatic N) is 1. The summed E-state index contributed by atoms with van der Waals surface area (Å²) in [6, 6.07) is 0. The Labute approximate surface area is 146 Å². The molecule has 0 spiro atoms. The molecule has 0 aliphatic rings. The van der Waals surface area contributed by atoms with Gasteiger partial charge in [-0.1, -0.05) is 39.0 Å². The number of carbonyl (C=O) groups is 2. The Kier molecular flexibility index (Phi) is 15.7. The van der Waals surface area contributed by atoms with Crippen LogP contribution in [0.1, 0.15) is 51.1 Å². The van der Waals surface area contributed by atoms with Crippen molar-refractivity contribution in [3.8, 4) is 0 Å². The van der Waals surface area contributed by atoms with Crippen molar-refractivity contribution in [1.29, 1.82) is 0 Å². The molecule has 0 fully saturated rings. The third-order valence-corrected chi connectivity index (χ3v) is 2.76. The number of carboxylic acid groups (broad SMARTS) is 2. The third kappa shape index (κ3) is 15.1. The van der Waals surface area contributed by atoms with Crippen molar-refractivity contribution in [3.63, 3.8) is 0 Å². The molecule has 0 saturated heterocycles. The van der Waals surface area contributed by atoms with Crippen molar-refractivity contribution in [2.24, 2.45) is 0 Å². The molecule has 7 nitrogen and oxygen atoms in total. The number of carboxylic acids is 2. The monoisotopic (exact) mass is 365 g/mol. The van der Waals surface area contributed by atoms with Gasteiger partial charge in [0.15, 0.2) is 0 Å². The van der Waals surface area contributed by atoms with Crippen molar-refractivity contribution < 1.29 is 42.0 Å². The number of aliphatic carboxylic acids is 2. The molecule has 0 saturated carbocycles. The van der Waals surface area contributed by atoms with Gasteiger partial charge in [-0.15, -0.1) is 0 Å². The number of H-pyrrole nitrogens is 1. The summed E-state index contributed by atoms with van der Waals surface area (Å²) in [5, 5.41) is 28.7. The summed E-state index contributed by atoms with van der Waals surface area (Å²) in [5.74, 6) is -2.58. The number of aromatic amines is 1. The summed E-state index contributed by atoms with van der Waals surface area (Å²) in [7, 11) is 0. The zero-order valence-electron chi connectivity index (χ0n) is 13.0. The molecule has 0 aliphatic heterocycles. The first-order valence-electron chi connectivity index (χ1n) is 7.24. The molecule has 1 aromatic heterocycles. The SMILES string of the molecule is CCCCCCCC(O)C(=O)[O-].O=C([O-])C=Cc1c[nH]cn1.[Mn+2]. The molecule has 1 atom stereocenters. The van der Waals surface area contributed by atoms with Crippen molar-refractivity contribution in [1.82, 2.24) is 9.97 Å². The number of aliphatic hydroxyl groups is 1. The fourth-order valence-corrected chi connectivity index (χ4v) is 1.58. The molecule has 0 aliphatic carbocycles. The smallest absolute Gasteiger partial charge is 0.547 e. The molecule has 23 heavy (non-hydrogen) atoms. The van der Waals surface area contributed by atoms with Gasteiger partial charge in [-0.3, -0.25) is 0 Å². The first-order chi connectivity index (χ1) is 10.5. The van der Waals surface area contributed by atoms with Crippen LogP contribution in [0.2, 0.25) is 0 Å². The summed E-state index contributed by atoms with van der Waals surface area (Å²) < 4.78 is 0. The second-order valence-corrected chi connectivity index (χ2v) is 4.68. The van der Waals surface area contributed by atoms with Crippen molar-refractivity contribution >= 4 is 18.0 Å². The Balaban J connectivity index is 0. The number of hydrogen-bond donors (Lipinski definition) is 2. The first kappa shape index (κ1) is 23.6. The van der Waals surface area contributed by atoms with E-state index in [0.29, 0.717) is 12.1 Å². The predicted molar refractivity (Wildman–Crippen MR) is 77.0 cm³/mol. The fourth-order valence-electron chi connectivity index (χ4n) is 1.58. The third-order valence-electron chi connectivity index (χ3n) is 2.76.